The topological polar surface area (TPSA) is 67.2 Å². The molecule has 14 heavy (non-hydrogen) atoms. The molecule has 1 saturated heterocycles. The molecule has 5 nitrogen and oxygen atoms in total. The molecule has 0 amide bonds. The zero-order valence-corrected chi connectivity index (χ0v) is 8.88. The Kier molecular flexibility index (Phi) is 4.20. The maximum absolute atomic E-state index is 8.47. The first-order valence-corrected chi connectivity index (χ1v) is 4.93. The lowest BCUT2D eigenvalue weighted by Crippen LogP contribution is -2.48. The van der Waals surface area contributed by atoms with Crippen LogP contribution in [0.4, 0.5) is 0 Å². The van der Waals surface area contributed by atoms with E-state index < -0.39 is 0 Å². The van der Waals surface area contributed by atoms with Crippen LogP contribution in [0.1, 0.15) is 20.3 Å². The summed E-state index contributed by atoms with van der Waals surface area (Å²) in [4.78, 5) is 2.87. The number of nitrogens with zero attached hydrogens (tertiary/aromatic N) is 3. The van der Waals surface area contributed by atoms with Crippen LogP contribution in [0.15, 0.2) is 5.11 Å². The van der Waals surface area contributed by atoms with Gasteiger partial charge >= 0.3 is 0 Å². The van der Waals surface area contributed by atoms with Crippen molar-refractivity contribution in [1.29, 1.82) is 0 Å². The van der Waals surface area contributed by atoms with E-state index in [0.717, 1.165) is 6.42 Å². The van der Waals surface area contributed by atoms with Crippen molar-refractivity contribution in [3.63, 3.8) is 0 Å². The fourth-order valence-corrected chi connectivity index (χ4v) is 1.89. The van der Waals surface area contributed by atoms with Crippen LogP contribution >= 0.6 is 0 Å². The van der Waals surface area contributed by atoms with E-state index >= 15 is 0 Å². The van der Waals surface area contributed by atoms with Gasteiger partial charge in [-0.05, 0) is 17.9 Å². The summed E-state index contributed by atoms with van der Waals surface area (Å²) in [5.74, 6) is 0.221. The van der Waals surface area contributed by atoms with Crippen LogP contribution in [0.5, 0.6) is 0 Å². The van der Waals surface area contributed by atoms with Gasteiger partial charge in [0.1, 0.15) is 0 Å². The molecule has 0 radical (unpaired) electrons. The highest BCUT2D eigenvalue weighted by atomic mass is 16.5. The number of rotatable bonds is 3. The molecule has 1 rings (SSSR count). The summed E-state index contributed by atoms with van der Waals surface area (Å²) in [7, 11) is 1.63. The van der Waals surface area contributed by atoms with Gasteiger partial charge in [-0.15, -0.1) is 0 Å². The standard InChI is InChI=1S/C9H17N3O2/c1-4-7-9(13-3)8(11-12-10)6(2)5-14-7/h6-9H,4-5H2,1-3H3/t6?,7?,8-,9+/m1/s1. The monoisotopic (exact) mass is 199 g/mol. The van der Waals surface area contributed by atoms with Gasteiger partial charge in [0.05, 0.1) is 24.9 Å². The summed E-state index contributed by atoms with van der Waals surface area (Å²) < 4.78 is 11.0. The molecular formula is C9H17N3O2. The van der Waals surface area contributed by atoms with Gasteiger partial charge in [-0.2, -0.15) is 0 Å². The van der Waals surface area contributed by atoms with E-state index in [2.05, 4.69) is 10.0 Å². The first-order valence-electron chi connectivity index (χ1n) is 4.93. The maximum Gasteiger partial charge on any atom is 0.0920 e. The van der Waals surface area contributed by atoms with E-state index in [1.807, 2.05) is 13.8 Å². The lowest BCUT2D eigenvalue weighted by molar-refractivity contribution is -0.121. The van der Waals surface area contributed by atoms with Crippen molar-refractivity contribution in [3.8, 4) is 0 Å². The number of hydrogen-bond acceptors (Lipinski definition) is 3. The van der Waals surface area contributed by atoms with Gasteiger partial charge in [0.2, 0.25) is 0 Å². The van der Waals surface area contributed by atoms with Gasteiger partial charge in [-0.1, -0.05) is 19.0 Å². The molecular weight excluding hydrogens is 182 g/mol. The Labute approximate surface area is 84.0 Å². The summed E-state index contributed by atoms with van der Waals surface area (Å²) in [6.45, 7) is 4.69. The molecule has 0 N–H and O–H groups in total. The van der Waals surface area contributed by atoms with Crippen molar-refractivity contribution in [1.82, 2.24) is 0 Å². The van der Waals surface area contributed by atoms with E-state index in [9.17, 15) is 0 Å². The lowest BCUT2D eigenvalue weighted by atomic mass is 9.90. The summed E-state index contributed by atoms with van der Waals surface area (Å²) in [6.07, 6.45) is 0.814. The second kappa shape index (κ2) is 5.20. The fourth-order valence-electron chi connectivity index (χ4n) is 1.89. The third-order valence-electron chi connectivity index (χ3n) is 2.72. The highest BCUT2D eigenvalue weighted by Gasteiger charge is 2.37. The quantitative estimate of drug-likeness (QED) is 0.397. The minimum atomic E-state index is -0.111. The Morgan fingerprint density at radius 3 is 2.86 bits per heavy atom. The molecule has 0 aliphatic carbocycles. The maximum atomic E-state index is 8.47. The predicted molar refractivity (Wildman–Crippen MR) is 52.9 cm³/mol. The van der Waals surface area contributed by atoms with Crippen molar-refractivity contribution in [2.24, 2.45) is 11.0 Å². The zero-order chi connectivity index (χ0) is 10.6. The number of ether oxygens (including phenoxy) is 2. The van der Waals surface area contributed by atoms with Crippen LogP contribution in [0.25, 0.3) is 10.4 Å². The molecule has 1 fully saturated rings. The molecule has 0 aromatic carbocycles. The molecule has 4 atom stereocenters. The second-order valence-corrected chi connectivity index (χ2v) is 3.65. The summed E-state index contributed by atoms with van der Waals surface area (Å²) >= 11 is 0. The van der Waals surface area contributed by atoms with Crippen LogP contribution in [0, 0.1) is 5.92 Å². The average Bonchev–Trinajstić information content (AvgIpc) is 2.21. The Balaban J connectivity index is 2.78. The van der Waals surface area contributed by atoms with Gasteiger partial charge in [0.25, 0.3) is 0 Å². The predicted octanol–water partition coefficient (Wildman–Crippen LogP) is 2.13. The third kappa shape index (κ3) is 2.18. The SMILES string of the molecule is CCC1OCC(C)[C@@H](N=[N+]=[N-])[C@H]1OC. The molecule has 0 bridgehead atoms. The first-order chi connectivity index (χ1) is 6.74. The minimum absolute atomic E-state index is 0.0479. The Bertz CT molecular complexity index is 228. The fraction of sp³-hybridized carbons (Fsp3) is 1.00. The molecule has 1 aliphatic heterocycles. The number of methoxy groups -OCH3 is 1. The van der Waals surface area contributed by atoms with E-state index in [-0.39, 0.29) is 24.2 Å². The van der Waals surface area contributed by atoms with E-state index in [4.69, 9.17) is 15.0 Å². The van der Waals surface area contributed by atoms with E-state index in [1.54, 1.807) is 7.11 Å². The van der Waals surface area contributed by atoms with Gasteiger partial charge < -0.3 is 9.47 Å². The van der Waals surface area contributed by atoms with Crippen LogP contribution in [-0.2, 0) is 9.47 Å². The van der Waals surface area contributed by atoms with E-state index in [0.29, 0.717) is 6.61 Å². The van der Waals surface area contributed by atoms with Crippen molar-refractivity contribution in [3.05, 3.63) is 10.4 Å². The molecule has 0 saturated carbocycles. The molecule has 0 spiro atoms. The van der Waals surface area contributed by atoms with Crippen LogP contribution < -0.4 is 0 Å². The van der Waals surface area contributed by atoms with Gasteiger partial charge in [-0.3, -0.25) is 0 Å². The molecule has 1 heterocycles. The van der Waals surface area contributed by atoms with Gasteiger partial charge in [0, 0.05) is 12.0 Å². The second-order valence-electron chi connectivity index (χ2n) is 3.65. The Hall–Kier alpha value is -0.770. The zero-order valence-electron chi connectivity index (χ0n) is 8.88. The number of azide groups is 1. The molecule has 5 heteroatoms. The highest BCUT2D eigenvalue weighted by molar-refractivity contribution is 4.90. The normalized spacial score (nSPS) is 37.6. The summed E-state index contributed by atoms with van der Waals surface area (Å²) in [5, 5.41) is 3.79. The van der Waals surface area contributed by atoms with Crippen LogP contribution in [0.2, 0.25) is 0 Å². The Morgan fingerprint density at radius 2 is 2.36 bits per heavy atom. The van der Waals surface area contributed by atoms with Crippen molar-refractivity contribution in [2.45, 2.75) is 38.5 Å². The molecule has 2 unspecified atom stereocenters. The van der Waals surface area contributed by atoms with Gasteiger partial charge in [0.15, 0.2) is 0 Å². The van der Waals surface area contributed by atoms with Crippen molar-refractivity contribution >= 4 is 0 Å². The molecule has 1 aliphatic rings. The average molecular weight is 199 g/mol. The van der Waals surface area contributed by atoms with Gasteiger partial charge in [-0.25, -0.2) is 0 Å². The lowest BCUT2D eigenvalue weighted by Gasteiger charge is -2.38. The highest BCUT2D eigenvalue weighted by Crippen LogP contribution is 2.26. The first kappa shape index (κ1) is 11.3. The smallest absolute Gasteiger partial charge is 0.0920 e. The number of hydrogen-bond donors (Lipinski definition) is 0. The minimum Gasteiger partial charge on any atom is -0.378 e. The Morgan fingerprint density at radius 1 is 1.64 bits per heavy atom. The molecule has 0 aromatic rings. The largest absolute Gasteiger partial charge is 0.378 e. The summed E-state index contributed by atoms with van der Waals surface area (Å²) in [6, 6.07) is -0.108. The summed E-state index contributed by atoms with van der Waals surface area (Å²) in [5.41, 5.74) is 8.47. The van der Waals surface area contributed by atoms with E-state index in [1.165, 1.54) is 0 Å². The molecule has 80 valence electrons. The molecule has 0 aromatic heterocycles. The van der Waals surface area contributed by atoms with Crippen molar-refractivity contribution < 1.29 is 9.47 Å². The van der Waals surface area contributed by atoms with Crippen molar-refractivity contribution in [2.75, 3.05) is 13.7 Å². The third-order valence-corrected chi connectivity index (χ3v) is 2.72. The van der Waals surface area contributed by atoms with Crippen LogP contribution in [-0.4, -0.2) is 32.0 Å². The van der Waals surface area contributed by atoms with Crippen LogP contribution in [0.3, 0.4) is 0 Å².